The van der Waals surface area contributed by atoms with E-state index >= 15 is 0 Å². The van der Waals surface area contributed by atoms with Crippen LogP contribution in [0.2, 0.25) is 0 Å². The molecule has 0 fully saturated rings. The molecule has 23 heavy (non-hydrogen) atoms. The molecule has 1 aromatic carbocycles. The predicted octanol–water partition coefficient (Wildman–Crippen LogP) is 2.23. The van der Waals surface area contributed by atoms with Gasteiger partial charge in [0, 0.05) is 17.9 Å². The molecule has 2 aromatic rings. The van der Waals surface area contributed by atoms with E-state index in [4.69, 9.17) is 4.74 Å². The fourth-order valence-corrected chi connectivity index (χ4v) is 3.03. The van der Waals surface area contributed by atoms with Gasteiger partial charge < -0.3 is 10.1 Å². The summed E-state index contributed by atoms with van der Waals surface area (Å²) in [6, 6.07) is 9.88. The van der Waals surface area contributed by atoms with E-state index in [1.54, 1.807) is 6.92 Å². The van der Waals surface area contributed by atoms with E-state index in [1.165, 1.54) is 4.68 Å². The molecule has 3 rings (SSSR count). The van der Waals surface area contributed by atoms with Crippen LogP contribution in [-0.2, 0) is 20.9 Å². The molecule has 1 amide bonds. The lowest BCUT2D eigenvalue weighted by Crippen LogP contribution is -2.26. The molecule has 1 aliphatic rings. The van der Waals surface area contributed by atoms with Crippen LogP contribution < -0.4 is 5.32 Å². The summed E-state index contributed by atoms with van der Waals surface area (Å²) in [5.74, 6) is 0.113. The smallest absolute Gasteiger partial charge is 0.327 e. The van der Waals surface area contributed by atoms with Crippen molar-refractivity contribution in [3.05, 3.63) is 47.2 Å². The number of carbonyl (C=O) groups is 2. The van der Waals surface area contributed by atoms with Gasteiger partial charge in [-0.15, -0.1) is 0 Å². The summed E-state index contributed by atoms with van der Waals surface area (Å²) in [6.45, 7) is 3.97. The third kappa shape index (κ3) is 2.97. The maximum absolute atomic E-state index is 12.1. The van der Waals surface area contributed by atoms with Gasteiger partial charge in [0.2, 0.25) is 5.91 Å². The zero-order valence-electron chi connectivity index (χ0n) is 13.2. The molecule has 2 heterocycles. The SMILES string of the molecule is CCOC(=O)Cn1nc(C)c2c1NC(=O)CC2c1ccccc1. The minimum absolute atomic E-state index is 0.00813. The minimum atomic E-state index is -0.367. The monoisotopic (exact) mass is 313 g/mol. The zero-order chi connectivity index (χ0) is 16.4. The Morgan fingerprint density at radius 2 is 2.13 bits per heavy atom. The van der Waals surface area contributed by atoms with Gasteiger partial charge in [-0.05, 0) is 19.4 Å². The molecular formula is C17H19N3O3. The number of hydrogen-bond donors (Lipinski definition) is 1. The lowest BCUT2D eigenvalue weighted by molar-refractivity contribution is -0.144. The van der Waals surface area contributed by atoms with E-state index in [1.807, 2.05) is 37.3 Å². The predicted molar refractivity (Wildman–Crippen MR) is 85.1 cm³/mol. The minimum Gasteiger partial charge on any atom is -0.465 e. The normalized spacial score (nSPS) is 16.6. The van der Waals surface area contributed by atoms with Crippen molar-refractivity contribution in [3.8, 4) is 0 Å². The van der Waals surface area contributed by atoms with Gasteiger partial charge in [-0.2, -0.15) is 5.10 Å². The Morgan fingerprint density at radius 3 is 2.83 bits per heavy atom. The van der Waals surface area contributed by atoms with Crippen LogP contribution in [0.25, 0.3) is 0 Å². The fraction of sp³-hybridized carbons (Fsp3) is 0.353. The van der Waals surface area contributed by atoms with Crippen molar-refractivity contribution in [1.82, 2.24) is 9.78 Å². The molecule has 1 unspecified atom stereocenters. The van der Waals surface area contributed by atoms with Gasteiger partial charge in [0.1, 0.15) is 12.4 Å². The Hall–Kier alpha value is -2.63. The lowest BCUT2D eigenvalue weighted by Gasteiger charge is -2.24. The summed E-state index contributed by atoms with van der Waals surface area (Å²) in [5.41, 5.74) is 2.86. The highest BCUT2D eigenvalue weighted by molar-refractivity contribution is 5.94. The highest BCUT2D eigenvalue weighted by atomic mass is 16.5. The highest BCUT2D eigenvalue weighted by Crippen LogP contribution is 2.38. The topological polar surface area (TPSA) is 73.2 Å². The molecule has 0 bridgehead atoms. The highest BCUT2D eigenvalue weighted by Gasteiger charge is 2.32. The summed E-state index contributed by atoms with van der Waals surface area (Å²) < 4.78 is 6.50. The van der Waals surface area contributed by atoms with Crippen molar-refractivity contribution in [1.29, 1.82) is 0 Å². The Bertz CT molecular complexity index is 737. The third-order valence-corrected chi connectivity index (χ3v) is 3.96. The van der Waals surface area contributed by atoms with Crippen molar-refractivity contribution in [3.63, 3.8) is 0 Å². The van der Waals surface area contributed by atoms with E-state index < -0.39 is 0 Å². The number of amides is 1. The summed E-state index contributed by atoms with van der Waals surface area (Å²) in [6.07, 6.45) is 0.378. The molecule has 0 aliphatic carbocycles. The van der Waals surface area contributed by atoms with Gasteiger partial charge in [0.25, 0.3) is 0 Å². The van der Waals surface area contributed by atoms with Gasteiger partial charge in [0.05, 0.1) is 12.3 Å². The number of nitrogens with one attached hydrogen (secondary N) is 1. The van der Waals surface area contributed by atoms with E-state index in [9.17, 15) is 9.59 Å². The standard InChI is InChI=1S/C17H19N3O3/c1-3-23-15(22)10-20-17-16(11(2)19-20)13(9-14(21)18-17)12-7-5-4-6-8-12/h4-8,13H,3,9-10H2,1-2H3,(H,18,21). The number of rotatable bonds is 4. The average Bonchev–Trinajstić information content (AvgIpc) is 2.83. The molecule has 0 saturated carbocycles. The first kappa shape index (κ1) is 15.3. The number of esters is 1. The van der Waals surface area contributed by atoms with E-state index in [2.05, 4.69) is 10.4 Å². The van der Waals surface area contributed by atoms with Crippen molar-refractivity contribution in [2.24, 2.45) is 0 Å². The number of ether oxygens (including phenoxy) is 1. The maximum atomic E-state index is 12.1. The molecule has 1 aliphatic heterocycles. The average molecular weight is 313 g/mol. The number of hydrogen-bond acceptors (Lipinski definition) is 4. The number of aryl methyl sites for hydroxylation is 1. The number of benzene rings is 1. The number of aromatic nitrogens is 2. The van der Waals surface area contributed by atoms with Crippen LogP contribution in [0.15, 0.2) is 30.3 Å². The number of nitrogens with zero attached hydrogens (tertiary/aromatic N) is 2. The second kappa shape index (κ2) is 6.24. The third-order valence-electron chi connectivity index (χ3n) is 3.96. The molecule has 1 atom stereocenters. The van der Waals surface area contributed by atoms with Crippen molar-refractivity contribution in [2.45, 2.75) is 32.7 Å². The van der Waals surface area contributed by atoms with Crippen molar-refractivity contribution in [2.75, 3.05) is 11.9 Å². The molecule has 1 aromatic heterocycles. The second-order valence-corrected chi connectivity index (χ2v) is 5.53. The molecule has 1 N–H and O–H groups in total. The van der Waals surface area contributed by atoms with E-state index in [-0.39, 0.29) is 24.3 Å². The summed E-state index contributed by atoms with van der Waals surface area (Å²) in [4.78, 5) is 23.9. The molecule has 6 nitrogen and oxygen atoms in total. The Morgan fingerprint density at radius 1 is 1.39 bits per heavy atom. The van der Waals surface area contributed by atoms with E-state index in [0.29, 0.717) is 18.8 Å². The van der Waals surface area contributed by atoms with Crippen molar-refractivity contribution < 1.29 is 14.3 Å². The molecule has 6 heteroatoms. The Balaban J connectivity index is 2.00. The van der Waals surface area contributed by atoms with Crippen LogP contribution in [0.1, 0.15) is 36.1 Å². The van der Waals surface area contributed by atoms with Crippen LogP contribution in [0.5, 0.6) is 0 Å². The second-order valence-electron chi connectivity index (χ2n) is 5.53. The van der Waals surface area contributed by atoms with Gasteiger partial charge in [-0.1, -0.05) is 30.3 Å². The molecule has 0 saturated heterocycles. The summed E-state index contributed by atoms with van der Waals surface area (Å²) in [7, 11) is 0. The largest absolute Gasteiger partial charge is 0.465 e. The first-order chi connectivity index (χ1) is 11.1. The van der Waals surface area contributed by atoms with Crippen LogP contribution in [0.3, 0.4) is 0 Å². The first-order valence-corrected chi connectivity index (χ1v) is 7.67. The van der Waals surface area contributed by atoms with Crippen molar-refractivity contribution >= 4 is 17.7 Å². The number of carbonyl (C=O) groups excluding carboxylic acids is 2. The Kier molecular flexibility index (Phi) is 4.14. The van der Waals surface area contributed by atoms with Crippen LogP contribution in [0, 0.1) is 6.92 Å². The van der Waals surface area contributed by atoms with Gasteiger partial charge in [-0.25, -0.2) is 4.68 Å². The van der Waals surface area contributed by atoms with Crippen LogP contribution in [-0.4, -0.2) is 28.3 Å². The Labute approximate surface area is 134 Å². The van der Waals surface area contributed by atoms with Gasteiger partial charge in [-0.3, -0.25) is 9.59 Å². The first-order valence-electron chi connectivity index (χ1n) is 7.67. The fourth-order valence-electron chi connectivity index (χ4n) is 3.03. The molecular weight excluding hydrogens is 294 g/mol. The number of fused-ring (bicyclic) bond motifs is 1. The molecule has 120 valence electrons. The van der Waals surface area contributed by atoms with Gasteiger partial charge >= 0.3 is 5.97 Å². The summed E-state index contributed by atoms with van der Waals surface area (Å²) >= 11 is 0. The van der Waals surface area contributed by atoms with E-state index in [0.717, 1.165) is 16.8 Å². The summed E-state index contributed by atoms with van der Waals surface area (Å²) in [5, 5.41) is 7.28. The number of anilines is 1. The quantitative estimate of drug-likeness (QED) is 0.879. The maximum Gasteiger partial charge on any atom is 0.327 e. The lowest BCUT2D eigenvalue weighted by atomic mass is 9.86. The molecule has 0 spiro atoms. The van der Waals surface area contributed by atoms with Crippen LogP contribution >= 0.6 is 0 Å². The van der Waals surface area contributed by atoms with Gasteiger partial charge in [0.15, 0.2) is 0 Å². The zero-order valence-corrected chi connectivity index (χ0v) is 13.2. The van der Waals surface area contributed by atoms with Crippen LogP contribution in [0.4, 0.5) is 5.82 Å². The molecule has 0 radical (unpaired) electrons.